The molecule has 0 aliphatic rings. The molecule has 0 saturated carbocycles. The van der Waals surface area contributed by atoms with Gasteiger partial charge in [-0.15, -0.1) is 11.3 Å². The molecule has 7 nitrogen and oxygen atoms in total. The predicted octanol–water partition coefficient (Wildman–Crippen LogP) is 2.67. The highest BCUT2D eigenvalue weighted by molar-refractivity contribution is 7.90. The molecule has 2 aromatic rings. The summed E-state index contributed by atoms with van der Waals surface area (Å²) in [5.41, 5.74) is 0.702. The fourth-order valence-corrected chi connectivity index (χ4v) is 3.74. The number of hydrogen-bond donors (Lipinski definition) is 1. The lowest BCUT2D eigenvalue weighted by molar-refractivity contribution is -0.386. The second-order valence-corrected chi connectivity index (χ2v) is 7.87. The highest BCUT2D eigenvalue weighted by Gasteiger charge is 2.25. The number of hydrogen-bond acceptors (Lipinski definition) is 7. The van der Waals surface area contributed by atoms with E-state index in [0.717, 1.165) is 23.4 Å². The summed E-state index contributed by atoms with van der Waals surface area (Å²) in [4.78, 5) is 14.7. The van der Waals surface area contributed by atoms with E-state index in [-0.39, 0.29) is 10.6 Å². The van der Waals surface area contributed by atoms with E-state index in [1.165, 1.54) is 18.2 Å². The van der Waals surface area contributed by atoms with Crippen LogP contribution in [0.3, 0.4) is 0 Å². The van der Waals surface area contributed by atoms with Gasteiger partial charge in [-0.2, -0.15) is 0 Å². The molecular formula is C14H17N3O4S2. The summed E-state index contributed by atoms with van der Waals surface area (Å²) in [5, 5.41) is 17.2. The van der Waals surface area contributed by atoms with Gasteiger partial charge in [0.1, 0.15) is 10.6 Å². The minimum absolute atomic E-state index is 0.198. The number of nitrogens with one attached hydrogen (secondary N) is 1. The number of aromatic nitrogens is 1. The number of aryl methyl sites for hydroxylation is 1. The summed E-state index contributed by atoms with van der Waals surface area (Å²) in [6, 6.07) is 4.24. The topological polar surface area (TPSA) is 102 Å². The molecule has 0 saturated heterocycles. The van der Waals surface area contributed by atoms with E-state index < -0.39 is 20.4 Å². The fourth-order valence-electron chi connectivity index (χ4n) is 2.10. The van der Waals surface area contributed by atoms with Crippen LogP contribution in [-0.2, 0) is 22.7 Å². The number of nitro benzene ring substituents is 1. The molecule has 23 heavy (non-hydrogen) atoms. The van der Waals surface area contributed by atoms with Crippen LogP contribution in [0.15, 0.2) is 28.5 Å². The van der Waals surface area contributed by atoms with Gasteiger partial charge in [-0.3, -0.25) is 10.1 Å². The zero-order chi connectivity index (χ0) is 17.0. The largest absolute Gasteiger partial charge is 0.379 e. The number of sulfone groups is 1. The normalized spacial score (nSPS) is 11.4. The number of nitro groups is 1. The van der Waals surface area contributed by atoms with Gasteiger partial charge in [-0.1, -0.05) is 13.0 Å². The highest BCUT2D eigenvalue weighted by atomic mass is 32.2. The van der Waals surface area contributed by atoms with Crippen LogP contribution in [-0.4, -0.2) is 31.1 Å². The third-order valence-corrected chi connectivity index (χ3v) is 5.35. The zero-order valence-corrected chi connectivity index (χ0v) is 14.4. The standard InChI is InChI=1S/C14H17N3O4S2/c1-3-13-16-10(9-22-13)7-8-15-11-5-4-6-12(23(2,20)21)14(11)17(18)19/h4-6,9,15H,3,7-8H2,1-2H3. The third-order valence-electron chi connectivity index (χ3n) is 3.18. The van der Waals surface area contributed by atoms with Gasteiger partial charge in [0.25, 0.3) is 0 Å². The number of thiazole rings is 1. The van der Waals surface area contributed by atoms with E-state index in [0.29, 0.717) is 13.0 Å². The lowest BCUT2D eigenvalue weighted by atomic mass is 10.2. The summed E-state index contributed by atoms with van der Waals surface area (Å²) in [5.74, 6) is 0. The Hall–Kier alpha value is -2.00. The van der Waals surface area contributed by atoms with Crippen molar-refractivity contribution >= 4 is 32.5 Å². The molecule has 0 aliphatic heterocycles. The molecule has 0 unspecified atom stereocenters. The van der Waals surface area contributed by atoms with Crippen molar-refractivity contribution in [2.45, 2.75) is 24.7 Å². The Morgan fingerprint density at radius 1 is 1.39 bits per heavy atom. The maximum Gasteiger partial charge on any atom is 0.310 e. The number of rotatable bonds is 7. The average Bonchev–Trinajstić information content (AvgIpc) is 2.94. The zero-order valence-electron chi connectivity index (χ0n) is 12.8. The van der Waals surface area contributed by atoms with Crippen LogP contribution >= 0.6 is 11.3 Å². The van der Waals surface area contributed by atoms with Crippen LogP contribution in [0.1, 0.15) is 17.6 Å². The summed E-state index contributed by atoms with van der Waals surface area (Å²) >= 11 is 1.58. The van der Waals surface area contributed by atoms with Gasteiger partial charge >= 0.3 is 5.69 Å². The Labute approximate surface area is 138 Å². The first-order valence-electron chi connectivity index (χ1n) is 6.97. The smallest absolute Gasteiger partial charge is 0.310 e. The predicted molar refractivity (Wildman–Crippen MR) is 89.9 cm³/mol. The van der Waals surface area contributed by atoms with Gasteiger partial charge in [-0.25, -0.2) is 13.4 Å². The van der Waals surface area contributed by atoms with Crippen molar-refractivity contribution in [1.29, 1.82) is 0 Å². The maximum atomic E-state index is 11.7. The maximum absolute atomic E-state index is 11.7. The molecule has 1 N–H and O–H groups in total. The molecule has 1 aromatic carbocycles. The van der Waals surface area contributed by atoms with Crippen molar-refractivity contribution in [1.82, 2.24) is 4.98 Å². The van der Waals surface area contributed by atoms with Crippen molar-refractivity contribution in [2.24, 2.45) is 0 Å². The van der Waals surface area contributed by atoms with Crippen molar-refractivity contribution in [3.05, 3.63) is 44.4 Å². The molecule has 0 aliphatic carbocycles. The molecule has 0 atom stereocenters. The summed E-state index contributed by atoms with van der Waals surface area (Å²) in [7, 11) is -3.67. The van der Waals surface area contributed by atoms with Gasteiger partial charge in [0.15, 0.2) is 9.84 Å². The molecule has 0 fully saturated rings. The molecule has 0 bridgehead atoms. The minimum atomic E-state index is -3.67. The first-order chi connectivity index (χ1) is 10.8. The van der Waals surface area contributed by atoms with Crippen LogP contribution in [0.5, 0.6) is 0 Å². The monoisotopic (exact) mass is 355 g/mol. The van der Waals surface area contributed by atoms with Crippen LogP contribution in [0.2, 0.25) is 0 Å². The Kier molecular flexibility index (Phi) is 5.32. The molecule has 124 valence electrons. The van der Waals surface area contributed by atoms with Gasteiger partial charge in [0.2, 0.25) is 0 Å². The number of benzene rings is 1. The second kappa shape index (κ2) is 7.05. The number of nitrogens with zero attached hydrogens (tertiary/aromatic N) is 2. The second-order valence-electron chi connectivity index (χ2n) is 4.94. The van der Waals surface area contributed by atoms with Crippen molar-refractivity contribution in [3.8, 4) is 0 Å². The van der Waals surface area contributed by atoms with E-state index in [1.807, 2.05) is 12.3 Å². The van der Waals surface area contributed by atoms with Crippen molar-refractivity contribution in [3.63, 3.8) is 0 Å². The number of para-hydroxylation sites is 1. The van der Waals surface area contributed by atoms with Crippen LogP contribution in [0, 0.1) is 10.1 Å². The van der Waals surface area contributed by atoms with Crippen LogP contribution in [0.25, 0.3) is 0 Å². The van der Waals surface area contributed by atoms with E-state index in [1.54, 1.807) is 11.3 Å². The molecule has 0 amide bonds. The molecular weight excluding hydrogens is 338 g/mol. The molecule has 9 heteroatoms. The van der Waals surface area contributed by atoms with Gasteiger partial charge in [0.05, 0.1) is 15.6 Å². The van der Waals surface area contributed by atoms with Crippen molar-refractivity contribution in [2.75, 3.05) is 18.1 Å². The molecule has 0 spiro atoms. The Morgan fingerprint density at radius 2 is 2.13 bits per heavy atom. The van der Waals surface area contributed by atoms with E-state index in [9.17, 15) is 18.5 Å². The highest BCUT2D eigenvalue weighted by Crippen LogP contribution is 2.31. The van der Waals surface area contributed by atoms with E-state index in [4.69, 9.17) is 0 Å². The molecule has 1 heterocycles. The molecule has 1 aromatic heterocycles. The summed E-state index contributed by atoms with van der Waals surface area (Å²) < 4.78 is 23.4. The fraction of sp³-hybridized carbons (Fsp3) is 0.357. The van der Waals surface area contributed by atoms with Crippen molar-refractivity contribution < 1.29 is 13.3 Å². The SMILES string of the molecule is CCc1nc(CCNc2cccc(S(C)(=O)=O)c2[N+](=O)[O-])cs1. The average molecular weight is 355 g/mol. The number of anilines is 1. The van der Waals surface area contributed by atoms with Gasteiger partial charge in [-0.05, 0) is 18.6 Å². The molecule has 2 rings (SSSR count). The van der Waals surface area contributed by atoms with E-state index in [2.05, 4.69) is 10.3 Å². The Balaban J connectivity index is 2.18. The first kappa shape index (κ1) is 17.4. The summed E-state index contributed by atoms with van der Waals surface area (Å²) in [6.07, 6.45) is 2.44. The van der Waals surface area contributed by atoms with Gasteiger partial charge in [0, 0.05) is 24.6 Å². The van der Waals surface area contributed by atoms with E-state index >= 15 is 0 Å². The minimum Gasteiger partial charge on any atom is -0.379 e. The van der Waals surface area contributed by atoms with Crippen LogP contribution in [0.4, 0.5) is 11.4 Å². The Morgan fingerprint density at radius 3 is 2.70 bits per heavy atom. The third kappa shape index (κ3) is 4.26. The van der Waals surface area contributed by atoms with Crippen LogP contribution < -0.4 is 5.32 Å². The quantitative estimate of drug-likeness (QED) is 0.605. The summed E-state index contributed by atoms with van der Waals surface area (Å²) in [6.45, 7) is 2.46. The first-order valence-corrected chi connectivity index (χ1v) is 9.74. The van der Waals surface area contributed by atoms with Gasteiger partial charge < -0.3 is 5.32 Å². The lowest BCUT2D eigenvalue weighted by Gasteiger charge is -2.08. The lowest BCUT2D eigenvalue weighted by Crippen LogP contribution is -2.10. The Bertz CT molecular complexity index is 815. The molecule has 0 radical (unpaired) electrons.